The first-order valence-electron chi connectivity index (χ1n) is 6.43. The van der Waals surface area contributed by atoms with Crippen LogP contribution < -0.4 is 5.32 Å². The summed E-state index contributed by atoms with van der Waals surface area (Å²) in [7, 11) is 0. The van der Waals surface area contributed by atoms with E-state index in [4.69, 9.17) is 0 Å². The maximum atomic E-state index is 4.36. The van der Waals surface area contributed by atoms with Crippen LogP contribution in [0, 0.1) is 20.8 Å². The molecule has 2 rings (SSSR count). The molecule has 96 valence electrons. The van der Waals surface area contributed by atoms with Crippen LogP contribution in [0.4, 0.5) is 5.69 Å². The standard InChI is InChI=1S/C15H21N3/c1-5-18-13(4)14(10-17-18)9-16-15-7-11(2)6-12(3)8-15/h6-8,10,16H,5,9H2,1-4H3. The van der Waals surface area contributed by atoms with Crippen molar-refractivity contribution >= 4 is 5.69 Å². The molecule has 3 heteroatoms. The van der Waals surface area contributed by atoms with E-state index in [1.165, 1.54) is 28.1 Å². The first kappa shape index (κ1) is 12.7. The van der Waals surface area contributed by atoms with Crippen LogP contribution in [0.1, 0.15) is 29.3 Å². The molecule has 1 aromatic heterocycles. The van der Waals surface area contributed by atoms with E-state index in [2.05, 4.69) is 56.3 Å². The van der Waals surface area contributed by atoms with Crippen LogP contribution in [0.5, 0.6) is 0 Å². The van der Waals surface area contributed by atoms with E-state index in [-0.39, 0.29) is 0 Å². The first-order valence-corrected chi connectivity index (χ1v) is 6.43. The zero-order valence-electron chi connectivity index (χ0n) is 11.6. The van der Waals surface area contributed by atoms with Gasteiger partial charge in [0.2, 0.25) is 0 Å². The Kier molecular flexibility index (Phi) is 3.70. The van der Waals surface area contributed by atoms with Gasteiger partial charge in [0.1, 0.15) is 0 Å². The zero-order chi connectivity index (χ0) is 13.1. The highest BCUT2D eigenvalue weighted by Crippen LogP contribution is 2.16. The molecule has 1 N–H and O–H groups in total. The average molecular weight is 243 g/mol. The van der Waals surface area contributed by atoms with Crippen LogP contribution in [0.15, 0.2) is 24.4 Å². The number of rotatable bonds is 4. The first-order chi connectivity index (χ1) is 8.60. The van der Waals surface area contributed by atoms with Crippen molar-refractivity contribution in [2.24, 2.45) is 0 Å². The number of nitrogens with zero attached hydrogens (tertiary/aromatic N) is 2. The number of benzene rings is 1. The lowest BCUT2D eigenvalue weighted by molar-refractivity contribution is 0.638. The third-order valence-corrected chi connectivity index (χ3v) is 3.21. The minimum atomic E-state index is 0.828. The minimum absolute atomic E-state index is 0.828. The fraction of sp³-hybridized carbons (Fsp3) is 0.400. The monoisotopic (exact) mass is 243 g/mol. The Bertz CT molecular complexity index is 520. The van der Waals surface area contributed by atoms with Gasteiger partial charge in [-0.15, -0.1) is 0 Å². The number of hydrogen-bond acceptors (Lipinski definition) is 2. The highest BCUT2D eigenvalue weighted by molar-refractivity contribution is 5.48. The van der Waals surface area contributed by atoms with Crippen molar-refractivity contribution < 1.29 is 0 Å². The van der Waals surface area contributed by atoms with Crippen molar-refractivity contribution in [2.75, 3.05) is 5.32 Å². The topological polar surface area (TPSA) is 29.9 Å². The predicted molar refractivity (Wildman–Crippen MR) is 75.9 cm³/mol. The molecule has 1 aromatic carbocycles. The lowest BCUT2D eigenvalue weighted by Crippen LogP contribution is -2.03. The second-order valence-corrected chi connectivity index (χ2v) is 4.80. The number of hydrogen-bond donors (Lipinski definition) is 1. The van der Waals surface area contributed by atoms with E-state index < -0.39 is 0 Å². The SMILES string of the molecule is CCn1ncc(CNc2cc(C)cc(C)c2)c1C. The van der Waals surface area contributed by atoms with Crippen molar-refractivity contribution in [1.82, 2.24) is 9.78 Å². The third kappa shape index (κ3) is 2.73. The molecule has 0 bridgehead atoms. The molecule has 0 atom stereocenters. The van der Waals surface area contributed by atoms with Crippen LogP contribution in [-0.4, -0.2) is 9.78 Å². The van der Waals surface area contributed by atoms with Gasteiger partial charge >= 0.3 is 0 Å². The average Bonchev–Trinajstić information content (AvgIpc) is 2.66. The molecule has 0 radical (unpaired) electrons. The smallest absolute Gasteiger partial charge is 0.0542 e. The van der Waals surface area contributed by atoms with Crippen molar-refractivity contribution in [3.05, 3.63) is 46.8 Å². The molecular weight excluding hydrogens is 222 g/mol. The van der Waals surface area contributed by atoms with E-state index in [1.807, 2.05) is 10.9 Å². The fourth-order valence-electron chi connectivity index (χ4n) is 2.25. The van der Waals surface area contributed by atoms with E-state index >= 15 is 0 Å². The zero-order valence-corrected chi connectivity index (χ0v) is 11.6. The summed E-state index contributed by atoms with van der Waals surface area (Å²) in [6, 6.07) is 6.53. The molecule has 0 spiro atoms. The van der Waals surface area contributed by atoms with E-state index in [1.54, 1.807) is 0 Å². The Balaban J connectivity index is 2.09. The van der Waals surface area contributed by atoms with Gasteiger partial charge in [0.05, 0.1) is 6.20 Å². The summed E-state index contributed by atoms with van der Waals surface area (Å²) in [6.07, 6.45) is 1.95. The second-order valence-electron chi connectivity index (χ2n) is 4.80. The van der Waals surface area contributed by atoms with Gasteiger partial charge in [-0.3, -0.25) is 4.68 Å². The normalized spacial score (nSPS) is 10.7. The highest BCUT2D eigenvalue weighted by atomic mass is 15.3. The molecule has 0 aliphatic carbocycles. The number of aryl methyl sites for hydroxylation is 3. The number of aromatic nitrogens is 2. The fourth-order valence-corrected chi connectivity index (χ4v) is 2.25. The Morgan fingerprint density at radius 1 is 1.11 bits per heavy atom. The summed E-state index contributed by atoms with van der Waals surface area (Å²) >= 11 is 0. The van der Waals surface area contributed by atoms with Gasteiger partial charge in [0, 0.05) is 30.0 Å². The lowest BCUT2D eigenvalue weighted by Gasteiger charge is -2.08. The van der Waals surface area contributed by atoms with Gasteiger partial charge < -0.3 is 5.32 Å². The van der Waals surface area contributed by atoms with Crippen molar-refractivity contribution in [3.8, 4) is 0 Å². The number of nitrogens with one attached hydrogen (secondary N) is 1. The van der Waals surface area contributed by atoms with Gasteiger partial charge in [-0.25, -0.2) is 0 Å². The van der Waals surface area contributed by atoms with Crippen molar-refractivity contribution in [2.45, 2.75) is 40.8 Å². The molecule has 0 saturated heterocycles. The highest BCUT2D eigenvalue weighted by Gasteiger charge is 2.04. The quantitative estimate of drug-likeness (QED) is 0.891. The van der Waals surface area contributed by atoms with Gasteiger partial charge in [-0.05, 0) is 51.0 Å². The van der Waals surface area contributed by atoms with E-state index in [9.17, 15) is 0 Å². The van der Waals surface area contributed by atoms with Crippen molar-refractivity contribution in [3.63, 3.8) is 0 Å². The number of anilines is 1. The molecular formula is C15H21N3. The Labute approximate surface area is 109 Å². The molecule has 0 fully saturated rings. The predicted octanol–water partition coefficient (Wildman–Crippen LogP) is 3.44. The van der Waals surface area contributed by atoms with Crippen LogP contribution in [0.25, 0.3) is 0 Å². The summed E-state index contributed by atoms with van der Waals surface area (Å²) in [5.74, 6) is 0. The van der Waals surface area contributed by atoms with Crippen molar-refractivity contribution in [1.29, 1.82) is 0 Å². The largest absolute Gasteiger partial charge is 0.381 e. The molecule has 0 aliphatic rings. The molecule has 0 unspecified atom stereocenters. The molecule has 0 aliphatic heterocycles. The Morgan fingerprint density at radius 3 is 2.33 bits per heavy atom. The molecule has 0 amide bonds. The Hall–Kier alpha value is -1.77. The van der Waals surface area contributed by atoms with Gasteiger partial charge in [0.15, 0.2) is 0 Å². The maximum absolute atomic E-state index is 4.36. The van der Waals surface area contributed by atoms with Gasteiger partial charge in [0.25, 0.3) is 0 Å². The summed E-state index contributed by atoms with van der Waals surface area (Å²) in [4.78, 5) is 0. The van der Waals surface area contributed by atoms with Gasteiger partial charge in [-0.2, -0.15) is 5.10 Å². The molecule has 3 nitrogen and oxygen atoms in total. The molecule has 2 aromatic rings. The Morgan fingerprint density at radius 2 is 1.78 bits per heavy atom. The van der Waals surface area contributed by atoms with E-state index in [0.717, 1.165) is 13.1 Å². The summed E-state index contributed by atoms with van der Waals surface area (Å²) in [5, 5.41) is 7.83. The summed E-state index contributed by atoms with van der Waals surface area (Å²) in [6.45, 7) is 10.2. The molecule has 0 saturated carbocycles. The summed E-state index contributed by atoms with van der Waals surface area (Å²) in [5.41, 5.74) is 6.26. The minimum Gasteiger partial charge on any atom is -0.381 e. The van der Waals surface area contributed by atoms with E-state index in [0.29, 0.717) is 0 Å². The van der Waals surface area contributed by atoms with Crippen LogP contribution in [0.3, 0.4) is 0 Å². The second kappa shape index (κ2) is 5.25. The lowest BCUT2D eigenvalue weighted by atomic mass is 10.1. The van der Waals surface area contributed by atoms with Crippen LogP contribution in [-0.2, 0) is 13.1 Å². The molecule has 18 heavy (non-hydrogen) atoms. The van der Waals surface area contributed by atoms with Crippen LogP contribution >= 0.6 is 0 Å². The third-order valence-electron chi connectivity index (χ3n) is 3.21. The summed E-state index contributed by atoms with van der Waals surface area (Å²) < 4.78 is 2.03. The maximum Gasteiger partial charge on any atom is 0.0542 e. The van der Waals surface area contributed by atoms with Gasteiger partial charge in [-0.1, -0.05) is 6.07 Å². The molecule has 1 heterocycles. The van der Waals surface area contributed by atoms with Crippen LogP contribution in [0.2, 0.25) is 0 Å².